The van der Waals surface area contributed by atoms with E-state index in [1.54, 1.807) is 11.0 Å². The van der Waals surface area contributed by atoms with Crippen LogP contribution in [0.4, 0.5) is 10.5 Å². The van der Waals surface area contributed by atoms with E-state index >= 15 is 0 Å². The number of nitrogens with zero attached hydrogens (tertiary/aromatic N) is 2. The fourth-order valence-electron chi connectivity index (χ4n) is 6.23. The van der Waals surface area contributed by atoms with E-state index in [1.165, 1.54) is 11.1 Å². The van der Waals surface area contributed by atoms with Crippen molar-refractivity contribution in [2.24, 2.45) is 0 Å². The number of benzene rings is 4. The number of ether oxygens (including phenoxy) is 2. The van der Waals surface area contributed by atoms with Crippen LogP contribution in [0, 0.1) is 0 Å². The zero-order valence-electron chi connectivity index (χ0n) is 22.9. The van der Waals surface area contributed by atoms with Crippen LogP contribution in [0.2, 0.25) is 0 Å². The maximum atomic E-state index is 13.6. The lowest BCUT2D eigenvalue weighted by Crippen LogP contribution is -2.65. The van der Waals surface area contributed by atoms with E-state index in [0.717, 1.165) is 17.5 Å². The van der Waals surface area contributed by atoms with E-state index in [1.807, 2.05) is 90.7 Å². The molecule has 3 aliphatic rings. The Bertz CT molecular complexity index is 1640. The third-order valence-electron chi connectivity index (χ3n) is 8.27. The van der Waals surface area contributed by atoms with Crippen LogP contribution in [0.25, 0.3) is 0 Å². The van der Waals surface area contributed by atoms with Crippen LogP contribution >= 0.6 is 0 Å². The molecule has 206 valence electrons. The maximum absolute atomic E-state index is 13.6. The van der Waals surface area contributed by atoms with Gasteiger partial charge in [0.15, 0.2) is 17.2 Å². The lowest BCUT2D eigenvalue weighted by Gasteiger charge is -2.50. The van der Waals surface area contributed by atoms with Crippen molar-refractivity contribution in [1.29, 1.82) is 0 Å². The van der Waals surface area contributed by atoms with Crippen molar-refractivity contribution in [3.8, 4) is 11.5 Å². The van der Waals surface area contributed by atoms with Gasteiger partial charge in [0.05, 0.1) is 11.7 Å². The summed E-state index contributed by atoms with van der Waals surface area (Å²) in [6.07, 6.45) is 1.38. The number of rotatable bonds is 5. The number of hydrogen-bond acceptors (Lipinski definition) is 4. The summed E-state index contributed by atoms with van der Waals surface area (Å²) in [5, 5.41) is 3.16. The first-order valence-corrected chi connectivity index (χ1v) is 14.0. The molecule has 3 heterocycles. The van der Waals surface area contributed by atoms with Gasteiger partial charge in [-0.2, -0.15) is 0 Å². The van der Waals surface area contributed by atoms with Gasteiger partial charge in [-0.15, -0.1) is 0 Å². The molecule has 1 fully saturated rings. The first-order chi connectivity index (χ1) is 20.0. The predicted molar refractivity (Wildman–Crippen MR) is 156 cm³/mol. The fourth-order valence-corrected chi connectivity index (χ4v) is 6.23. The molecule has 2 unspecified atom stereocenters. The van der Waals surface area contributed by atoms with Crippen molar-refractivity contribution in [2.45, 2.75) is 44.7 Å². The summed E-state index contributed by atoms with van der Waals surface area (Å²) in [5.41, 5.74) is 4.60. The maximum Gasteiger partial charge on any atom is 0.325 e. The number of para-hydroxylation sites is 1. The van der Waals surface area contributed by atoms with Crippen molar-refractivity contribution >= 4 is 17.6 Å². The minimum Gasteiger partial charge on any atom is -0.485 e. The standard InChI is InChI=1S/C34H31N3O4/c1-34-20-29(28-15-8-16-30(31(28)41-34)40-22-23-9-3-2-4-10-23)35-33(39)37(34)27-14-7-13-25(19-27)32(38)36-18-17-24-11-5-6-12-26(24)21-36/h2-16,19,29H,17-18,20-22H2,1H3,(H,35,39). The second kappa shape index (κ2) is 10.0. The monoisotopic (exact) mass is 545 g/mol. The Hall–Kier alpha value is -4.78. The van der Waals surface area contributed by atoms with E-state index in [2.05, 4.69) is 17.4 Å². The molecule has 1 saturated heterocycles. The van der Waals surface area contributed by atoms with Crippen molar-refractivity contribution in [3.63, 3.8) is 0 Å². The average Bonchev–Trinajstić information content (AvgIpc) is 3.00. The molecule has 0 aromatic heterocycles. The number of fused-ring (bicyclic) bond motifs is 5. The number of carbonyl (C=O) groups excluding carboxylic acids is 2. The van der Waals surface area contributed by atoms with Crippen LogP contribution in [0.3, 0.4) is 0 Å². The Morgan fingerprint density at radius 2 is 1.76 bits per heavy atom. The fraction of sp³-hybridized carbons (Fsp3) is 0.235. The Labute approximate surface area is 239 Å². The molecule has 1 N–H and O–H groups in total. The largest absolute Gasteiger partial charge is 0.485 e. The van der Waals surface area contributed by atoms with Crippen molar-refractivity contribution < 1.29 is 19.1 Å². The number of anilines is 1. The Morgan fingerprint density at radius 3 is 2.61 bits per heavy atom. The van der Waals surface area contributed by atoms with E-state index in [0.29, 0.717) is 48.9 Å². The van der Waals surface area contributed by atoms with Gasteiger partial charge in [0, 0.05) is 30.6 Å². The summed E-state index contributed by atoms with van der Waals surface area (Å²) in [7, 11) is 0. The highest BCUT2D eigenvalue weighted by Gasteiger charge is 2.50. The van der Waals surface area contributed by atoms with Gasteiger partial charge in [-0.1, -0.05) is 72.8 Å². The molecule has 0 saturated carbocycles. The summed E-state index contributed by atoms with van der Waals surface area (Å²) in [6.45, 7) is 3.57. The third kappa shape index (κ3) is 4.57. The van der Waals surface area contributed by atoms with E-state index < -0.39 is 5.72 Å². The van der Waals surface area contributed by atoms with Gasteiger partial charge in [0.25, 0.3) is 5.91 Å². The number of amides is 3. The summed E-state index contributed by atoms with van der Waals surface area (Å²) < 4.78 is 12.9. The van der Waals surface area contributed by atoms with E-state index in [-0.39, 0.29) is 18.0 Å². The molecule has 0 spiro atoms. The first kappa shape index (κ1) is 25.2. The molecule has 4 aromatic carbocycles. The van der Waals surface area contributed by atoms with Gasteiger partial charge in [-0.3, -0.25) is 9.69 Å². The molecule has 0 aliphatic carbocycles. The van der Waals surface area contributed by atoms with Crippen LogP contribution in [0.1, 0.15) is 52.0 Å². The quantitative estimate of drug-likeness (QED) is 0.323. The van der Waals surface area contributed by atoms with E-state index in [9.17, 15) is 9.59 Å². The van der Waals surface area contributed by atoms with Gasteiger partial charge in [-0.25, -0.2) is 4.79 Å². The smallest absolute Gasteiger partial charge is 0.325 e. The molecule has 7 nitrogen and oxygen atoms in total. The summed E-state index contributed by atoms with van der Waals surface area (Å²) >= 11 is 0. The molecular weight excluding hydrogens is 514 g/mol. The van der Waals surface area contributed by atoms with Gasteiger partial charge in [-0.05, 0) is 54.3 Å². The minimum absolute atomic E-state index is 0.0479. The lowest BCUT2D eigenvalue weighted by atomic mass is 9.89. The highest BCUT2D eigenvalue weighted by atomic mass is 16.5. The van der Waals surface area contributed by atoms with Crippen molar-refractivity contribution in [3.05, 3.63) is 125 Å². The first-order valence-electron chi connectivity index (χ1n) is 14.0. The third-order valence-corrected chi connectivity index (χ3v) is 8.27. The second-order valence-corrected chi connectivity index (χ2v) is 11.1. The molecule has 2 atom stereocenters. The molecule has 2 bridgehead atoms. The zero-order chi connectivity index (χ0) is 28.0. The van der Waals surface area contributed by atoms with Crippen molar-refractivity contribution in [2.75, 3.05) is 11.4 Å². The normalized spacial score (nSPS) is 20.8. The summed E-state index contributed by atoms with van der Waals surface area (Å²) in [4.78, 5) is 30.6. The molecule has 41 heavy (non-hydrogen) atoms. The molecule has 3 amide bonds. The minimum atomic E-state index is -0.974. The Kier molecular flexibility index (Phi) is 6.15. The zero-order valence-corrected chi connectivity index (χ0v) is 22.9. The molecule has 3 aliphatic heterocycles. The van der Waals surface area contributed by atoms with Crippen LogP contribution in [0.5, 0.6) is 11.5 Å². The van der Waals surface area contributed by atoms with Gasteiger partial charge >= 0.3 is 6.03 Å². The summed E-state index contributed by atoms with van der Waals surface area (Å²) in [6, 6.07) is 30.8. The predicted octanol–water partition coefficient (Wildman–Crippen LogP) is 6.23. The highest BCUT2D eigenvalue weighted by Crippen LogP contribution is 2.49. The SMILES string of the molecule is CC12CC(NC(=O)N1c1cccc(C(=O)N3CCc4ccccc4C3)c1)c1cccc(OCc3ccccc3)c1O2. The molecule has 7 rings (SSSR count). The number of hydrogen-bond donors (Lipinski definition) is 1. The molecule has 4 aromatic rings. The highest BCUT2D eigenvalue weighted by molar-refractivity contribution is 5.99. The Morgan fingerprint density at radius 1 is 0.976 bits per heavy atom. The second-order valence-electron chi connectivity index (χ2n) is 11.1. The molecular formula is C34H31N3O4. The molecule has 7 heteroatoms. The van der Waals surface area contributed by atoms with Crippen LogP contribution < -0.4 is 19.7 Å². The van der Waals surface area contributed by atoms with Gasteiger partial charge in [0.1, 0.15) is 6.61 Å². The van der Waals surface area contributed by atoms with Gasteiger partial charge in [0.2, 0.25) is 0 Å². The van der Waals surface area contributed by atoms with Crippen molar-refractivity contribution in [1.82, 2.24) is 10.2 Å². The summed E-state index contributed by atoms with van der Waals surface area (Å²) in [5.74, 6) is 1.22. The Balaban J connectivity index is 1.16. The van der Waals surface area contributed by atoms with E-state index in [4.69, 9.17) is 9.47 Å². The number of urea groups is 1. The number of nitrogens with one attached hydrogen (secondary N) is 1. The number of carbonyl (C=O) groups is 2. The van der Waals surface area contributed by atoms with Crippen LogP contribution in [-0.4, -0.2) is 29.1 Å². The molecule has 0 radical (unpaired) electrons. The topological polar surface area (TPSA) is 71.1 Å². The van der Waals surface area contributed by atoms with Gasteiger partial charge < -0.3 is 19.7 Å². The van der Waals surface area contributed by atoms with Crippen LogP contribution in [0.15, 0.2) is 97.1 Å². The lowest BCUT2D eigenvalue weighted by molar-refractivity contribution is 0.0338. The van der Waals surface area contributed by atoms with Crippen LogP contribution in [-0.2, 0) is 19.6 Å². The average molecular weight is 546 g/mol.